The van der Waals surface area contributed by atoms with Crippen molar-refractivity contribution >= 4 is 17.0 Å². The summed E-state index contributed by atoms with van der Waals surface area (Å²) in [6.45, 7) is 2.18. The minimum absolute atomic E-state index is 0.642. The summed E-state index contributed by atoms with van der Waals surface area (Å²) in [6, 6.07) is 8.75. The third-order valence-electron chi connectivity index (χ3n) is 3.57. The van der Waals surface area contributed by atoms with Gasteiger partial charge >= 0.3 is 0 Å². The SMILES string of the molecule is CN1CCCC1CNc1nc2ccccc2[nH]1. The van der Waals surface area contributed by atoms with Gasteiger partial charge < -0.3 is 15.2 Å². The van der Waals surface area contributed by atoms with Gasteiger partial charge in [-0.25, -0.2) is 4.98 Å². The number of nitrogens with zero attached hydrogens (tertiary/aromatic N) is 2. The van der Waals surface area contributed by atoms with Gasteiger partial charge in [0.05, 0.1) is 11.0 Å². The largest absolute Gasteiger partial charge is 0.354 e. The number of aromatic nitrogens is 2. The molecule has 3 rings (SSSR count). The molecule has 0 saturated carbocycles. The van der Waals surface area contributed by atoms with E-state index in [0.29, 0.717) is 6.04 Å². The lowest BCUT2D eigenvalue weighted by atomic mass is 10.2. The Balaban J connectivity index is 1.68. The number of rotatable bonds is 3. The predicted molar refractivity (Wildman–Crippen MR) is 70.2 cm³/mol. The van der Waals surface area contributed by atoms with Gasteiger partial charge in [-0.15, -0.1) is 0 Å². The Labute approximate surface area is 101 Å². The van der Waals surface area contributed by atoms with Crippen LogP contribution in [0.3, 0.4) is 0 Å². The first-order valence-corrected chi connectivity index (χ1v) is 6.22. The maximum Gasteiger partial charge on any atom is 0.201 e. The van der Waals surface area contributed by atoms with Crippen molar-refractivity contribution in [3.05, 3.63) is 24.3 Å². The third-order valence-corrected chi connectivity index (χ3v) is 3.57. The number of hydrogen-bond acceptors (Lipinski definition) is 3. The zero-order chi connectivity index (χ0) is 11.7. The molecule has 1 aromatic heterocycles. The molecule has 1 aliphatic rings. The van der Waals surface area contributed by atoms with Gasteiger partial charge in [0.15, 0.2) is 0 Å². The normalized spacial score (nSPS) is 21.1. The summed E-state index contributed by atoms with van der Waals surface area (Å²) in [5.41, 5.74) is 2.12. The summed E-state index contributed by atoms with van der Waals surface area (Å²) in [7, 11) is 2.19. The van der Waals surface area contributed by atoms with Crippen LogP contribution in [0.25, 0.3) is 11.0 Å². The molecule has 1 unspecified atom stereocenters. The van der Waals surface area contributed by atoms with Crippen LogP contribution >= 0.6 is 0 Å². The first kappa shape index (κ1) is 10.6. The Hall–Kier alpha value is -1.55. The standard InChI is InChI=1S/C13H18N4/c1-17-8-4-5-10(17)9-14-13-15-11-6-2-3-7-12(11)16-13/h2-3,6-7,10H,4-5,8-9H2,1H3,(H2,14,15,16). The van der Waals surface area contributed by atoms with Crippen LogP contribution < -0.4 is 5.32 Å². The molecule has 1 aliphatic heterocycles. The van der Waals surface area contributed by atoms with Crippen molar-refractivity contribution in [2.45, 2.75) is 18.9 Å². The average Bonchev–Trinajstić information content (AvgIpc) is 2.92. The molecule has 90 valence electrons. The highest BCUT2D eigenvalue weighted by Crippen LogP contribution is 2.17. The van der Waals surface area contributed by atoms with Crippen LogP contribution in [-0.4, -0.2) is 41.0 Å². The molecule has 1 aromatic carbocycles. The van der Waals surface area contributed by atoms with Crippen LogP contribution in [0.1, 0.15) is 12.8 Å². The van der Waals surface area contributed by atoms with Crippen molar-refractivity contribution in [1.29, 1.82) is 0 Å². The molecule has 2 N–H and O–H groups in total. The topological polar surface area (TPSA) is 44.0 Å². The summed E-state index contributed by atoms with van der Waals surface area (Å²) in [4.78, 5) is 10.2. The molecule has 4 nitrogen and oxygen atoms in total. The lowest BCUT2D eigenvalue weighted by Crippen LogP contribution is -2.31. The number of imidazole rings is 1. The van der Waals surface area contributed by atoms with Crippen LogP contribution in [0.15, 0.2) is 24.3 Å². The summed E-state index contributed by atoms with van der Waals surface area (Å²) in [5.74, 6) is 0.881. The van der Waals surface area contributed by atoms with E-state index in [0.717, 1.165) is 23.5 Å². The molecule has 17 heavy (non-hydrogen) atoms. The maximum absolute atomic E-state index is 4.51. The Bertz CT molecular complexity index is 472. The second-order valence-electron chi connectivity index (χ2n) is 4.76. The van der Waals surface area contributed by atoms with Gasteiger partial charge in [-0.2, -0.15) is 0 Å². The van der Waals surface area contributed by atoms with Crippen molar-refractivity contribution in [3.8, 4) is 0 Å². The van der Waals surface area contributed by atoms with Crippen molar-refractivity contribution in [2.24, 2.45) is 0 Å². The van der Waals surface area contributed by atoms with Crippen molar-refractivity contribution in [2.75, 3.05) is 25.5 Å². The van der Waals surface area contributed by atoms with Gasteiger partial charge in [-0.05, 0) is 38.6 Å². The second kappa shape index (κ2) is 4.37. The minimum Gasteiger partial charge on any atom is -0.354 e. The molecule has 2 heterocycles. The van der Waals surface area contributed by atoms with E-state index in [1.165, 1.54) is 19.4 Å². The maximum atomic E-state index is 4.51. The summed E-state index contributed by atoms with van der Waals surface area (Å²) in [5, 5.41) is 3.40. The first-order chi connectivity index (χ1) is 8.33. The van der Waals surface area contributed by atoms with Gasteiger partial charge in [0.1, 0.15) is 0 Å². The zero-order valence-corrected chi connectivity index (χ0v) is 10.1. The molecule has 0 bridgehead atoms. The number of aromatic amines is 1. The van der Waals surface area contributed by atoms with Crippen LogP contribution in [0, 0.1) is 0 Å². The number of benzene rings is 1. The number of anilines is 1. The predicted octanol–water partition coefficient (Wildman–Crippen LogP) is 2.07. The van der Waals surface area contributed by atoms with Gasteiger partial charge in [-0.3, -0.25) is 0 Å². The second-order valence-corrected chi connectivity index (χ2v) is 4.76. The number of para-hydroxylation sites is 2. The Morgan fingerprint density at radius 2 is 2.35 bits per heavy atom. The number of hydrogen-bond donors (Lipinski definition) is 2. The van der Waals surface area contributed by atoms with E-state index in [1.807, 2.05) is 18.2 Å². The van der Waals surface area contributed by atoms with E-state index < -0.39 is 0 Å². The highest BCUT2D eigenvalue weighted by Gasteiger charge is 2.20. The molecular weight excluding hydrogens is 212 g/mol. The van der Waals surface area contributed by atoms with E-state index in [4.69, 9.17) is 0 Å². The number of nitrogens with one attached hydrogen (secondary N) is 2. The molecule has 1 atom stereocenters. The fraction of sp³-hybridized carbons (Fsp3) is 0.462. The van der Waals surface area contributed by atoms with Crippen molar-refractivity contribution < 1.29 is 0 Å². The average molecular weight is 230 g/mol. The fourth-order valence-electron chi connectivity index (χ4n) is 2.49. The van der Waals surface area contributed by atoms with Gasteiger partial charge in [-0.1, -0.05) is 12.1 Å². The van der Waals surface area contributed by atoms with Crippen LogP contribution in [-0.2, 0) is 0 Å². The van der Waals surface area contributed by atoms with E-state index >= 15 is 0 Å². The van der Waals surface area contributed by atoms with E-state index in [2.05, 4.69) is 33.3 Å². The summed E-state index contributed by atoms with van der Waals surface area (Å²) in [6.07, 6.45) is 2.59. The van der Waals surface area contributed by atoms with Crippen molar-refractivity contribution in [3.63, 3.8) is 0 Å². The smallest absolute Gasteiger partial charge is 0.201 e. The number of H-pyrrole nitrogens is 1. The van der Waals surface area contributed by atoms with Crippen molar-refractivity contribution in [1.82, 2.24) is 14.9 Å². The molecule has 1 saturated heterocycles. The molecule has 0 spiro atoms. The third kappa shape index (κ3) is 2.13. The molecule has 1 fully saturated rings. The lowest BCUT2D eigenvalue weighted by molar-refractivity contribution is 0.322. The molecule has 0 amide bonds. The summed E-state index contributed by atoms with van der Waals surface area (Å²) < 4.78 is 0. The Morgan fingerprint density at radius 1 is 1.47 bits per heavy atom. The van der Waals surface area contributed by atoms with E-state index in [1.54, 1.807) is 0 Å². The van der Waals surface area contributed by atoms with Gasteiger partial charge in [0, 0.05) is 12.6 Å². The van der Waals surface area contributed by atoms with E-state index in [9.17, 15) is 0 Å². The number of fused-ring (bicyclic) bond motifs is 1. The first-order valence-electron chi connectivity index (χ1n) is 6.22. The minimum atomic E-state index is 0.642. The van der Waals surface area contributed by atoms with E-state index in [-0.39, 0.29) is 0 Å². The number of likely N-dealkylation sites (tertiary alicyclic amines) is 1. The number of likely N-dealkylation sites (N-methyl/N-ethyl adjacent to an activating group) is 1. The molecule has 0 aliphatic carbocycles. The molecular formula is C13H18N4. The van der Waals surface area contributed by atoms with Gasteiger partial charge in [0.25, 0.3) is 0 Å². The zero-order valence-electron chi connectivity index (χ0n) is 10.1. The van der Waals surface area contributed by atoms with Crippen LogP contribution in [0.2, 0.25) is 0 Å². The molecule has 0 radical (unpaired) electrons. The summed E-state index contributed by atoms with van der Waals surface area (Å²) >= 11 is 0. The lowest BCUT2D eigenvalue weighted by Gasteiger charge is -2.19. The van der Waals surface area contributed by atoms with Crippen LogP contribution in [0.5, 0.6) is 0 Å². The van der Waals surface area contributed by atoms with Gasteiger partial charge in [0.2, 0.25) is 5.95 Å². The molecule has 4 heteroatoms. The Kier molecular flexibility index (Phi) is 2.73. The Morgan fingerprint density at radius 3 is 3.12 bits per heavy atom. The monoisotopic (exact) mass is 230 g/mol. The highest BCUT2D eigenvalue weighted by molar-refractivity contribution is 5.77. The quantitative estimate of drug-likeness (QED) is 0.848. The highest BCUT2D eigenvalue weighted by atomic mass is 15.2. The fourth-order valence-corrected chi connectivity index (χ4v) is 2.49. The molecule has 2 aromatic rings. The van der Waals surface area contributed by atoms with Crippen LogP contribution in [0.4, 0.5) is 5.95 Å².